The molecule has 4 rings (SSSR count). The third-order valence-corrected chi connectivity index (χ3v) is 5.42. The normalized spacial score (nSPS) is 10.5. The Morgan fingerprint density at radius 1 is 0.875 bits per heavy atom. The van der Waals surface area contributed by atoms with Gasteiger partial charge in [-0.15, -0.1) is 5.10 Å². The number of aromatic nitrogens is 3. The maximum absolute atomic E-state index is 12.6. The predicted octanol–water partition coefficient (Wildman–Crippen LogP) is 3.93. The van der Waals surface area contributed by atoms with E-state index in [0.29, 0.717) is 23.0 Å². The lowest BCUT2D eigenvalue weighted by Gasteiger charge is -2.11. The number of carbonyl (C=O) groups is 2. The van der Waals surface area contributed by atoms with Crippen LogP contribution in [-0.2, 0) is 11.3 Å². The molecule has 0 radical (unpaired) electrons. The first kappa shape index (κ1) is 21.3. The van der Waals surface area contributed by atoms with Crippen LogP contribution in [0.5, 0.6) is 0 Å². The van der Waals surface area contributed by atoms with Crippen LogP contribution in [0.25, 0.3) is 5.69 Å². The number of hydrogen-bond acceptors (Lipinski definition) is 5. The molecule has 0 saturated heterocycles. The van der Waals surface area contributed by atoms with Gasteiger partial charge in [-0.3, -0.25) is 9.59 Å². The molecular weight excluding hydrogens is 422 g/mol. The first-order chi connectivity index (χ1) is 15.7. The number of rotatable bonds is 8. The number of benzene rings is 3. The summed E-state index contributed by atoms with van der Waals surface area (Å²) in [7, 11) is 0. The van der Waals surface area contributed by atoms with Gasteiger partial charge in [0.1, 0.15) is 6.33 Å². The van der Waals surface area contributed by atoms with Crippen LogP contribution in [0.15, 0.2) is 96.4 Å². The maximum atomic E-state index is 12.6. The van der Waals surface area contributed by atoms with Crippen LogP contribution in [0.3, 0.4) is 0 Å². The second kappa shape index (κ2) is 10.4. The van der Waals surface area contributed by atoms with E-state index in [1.807, 2.05) is 60.7 Å². The molecule has 4 aromatic rings. The van der Waals surface area contributed by atoms with Gasteiger partial charge in [0, 0.05) is 6.54 Å². The average molecular weight is 444 g/mol. The summed E-state index contributed by atoms with van der Waals surface area (Å²) in [6.07, 6.45) is 1.61. The highest BCUT2D eigenvalue weighted by Crippen LogP contribution is 2.18. The monoisotopic (exact) mass is 443 g/mol. The van der Waals surface area contributed by atoms with Crippen molar-refractivity contribution in [3.8, 4) is 5.69 Å². The Hall–Kier alpha value is -3.91. The van der Waals surface area contributed by atoms with E-state index in [4.69, 9.17) is 0 Å². The van der Waals surface area contributed by atoms with Gasteiger partial charge in [0.2, 0.25) is 11.1 Å². The largest absolute Gasteiger partial charge is 0.348 e. The van der Waals surface area contributed by atoms with Gasteiger partial charge in [-0.2, -0.15) is 0 Å². The van der Waals surface area contributed by atoms with Crippen LogP contribution >= 0.6 is 11.8 Å². The Morgan fingerprint density at radius 2 is 1.56 bits per heavy atom. The Morgan fingerprint density at radius 3 is 2.34 bits per heavy atom. The molecular formula is C24H21N5O2S. The molecule has 0 saturated carbocycles. The van der Waals surface area contributed by atoms with Crippen LogP contribution < -0.4 is 10.6 Å². The molecule has 32 heavy (non-hydrogen) atoms. The number of hydrogen-bond donors (Lipinski definition) is 2. The van der Waals surface area contributed by atoms with Gasteiger partial charge in [-0.05, 0) is 29.8 Å². The summed E-state index contributed by atoms with van der Waals surface area (Å²) < 4.78 is 1.66. The van der Waals surface area contributed by atoms with E-state index in [9.17, 15) is 9.59 Å². The Bertz CT molecular complexity index is 1200. The molecule has 0 unspecified atom stereocenters. The van der Waals surface area contributed by atoms with E-state index in [1.165, 1.54) is 11.8 Å². The number of para-hydroxylation sites is 2. The van der Waals surface area contributed by atoms with Crippen molar-refractivity contribution in [2.45, 2.75) is 11.7 Å². The summed E-state index contributed by atoms with van der Waals surface area (Å²) in [6.45, 7) is 0.410. The van der Waals surface area contributed by atoms with Crippen molar-refractivity contribution in [2.75, 3.05) is 11.1 Å². The molecule has 8 heteroatoms. The summed E-state index contributed by atoms with van der Waals surface area (Å²) in [6, 6.07) is 26.2. The zero-order chi connectivity index (χ0) is 22.2. The van der Waals surface area contributed by atoms with Gasteiger partial charge in [-0.1, -0.05) is 72.4 Å². The molecule has 2 amide bonds. The molecule has 3 aromatic carbocycles. The minimum atomic E-state index is -0.249. The minimum Gasteiger partial charge on any atom is -0.348 e. The number of anilines is 1. The Labute approximate surface area is 189 Å². The molecule has 2 N–H and O–H groups in total. The van der Waals surface area contributed by atoms with Gasteiger partial charge >= 0.3 is 0 Å². The van der Waals surface area contributed by atoms with E-state index in [0.717, 1.165) is 11.3 Å². The predicted molar refractivity (Wildman–Crippen MR) is 125 cm³/mol. The quantitative estimate of drug-likeness (QED) is 0.403. The van der Waals surface area contributed by atoms with Crippen LogP contribution in [-0.4, -0.2) is 32.3 Å². The standard InChI is InChI=1S/C24H21N5O2S/c30-22(16-32-24-26-17-29(28-24)19-11-5-2-6-12-19)27-21-14-8-7-13-20(21)23(31)25-15-18-9-3-1-4-10-18/h1-14,17H,15-16H2,(H,25,31)(H,27,30). The maximum Gasteiger partial charge on any atom is 0.253 e. The summed E-state index contributed by atoms with van der Waals surface area (Å²) in [5, 5.41) is 10.6. The van der Waals surface area contributed by atoms with Crippen molar-refractivity contribution >= 4 is 29.3 Å². The van der Waals surface area contributed by atoms with Crippen molar-refractivity contribution in [3.63, 3.8) is 0 Å². The SMILES string of the molecule is O=C(CSc1ncn(-c2ccccc2)n1)Nc1ccccc1C(=O)NCc1ccccc1. The molecule has 0 atom stereocenters. The molecule has 0 fully saturated rings. The van der Waals surface area contributed by atoms with Crippen LogP contribution in [0.2, 0.25) is 0 Å². The topological polar surface area (TPSA) is 88.9 Å². The second-order valence-corrected chi connectivity index (χ2v) is 7.80. The first-order valence-electron chi connectivity index (χ1n) is 10.00. The minimum absolute atomic E-state index is 0.124. The second-order valence-electron chi connectivity index (χ2n) is 6.86. The van der Waals surface area contributed by atoms with Crippen molar-refractivity contribution in [1.29, 1.82) is 0 Å². The summed E-state index contributed by atoms with van der Waals surface area (Å²) in [5.74, 6) is -0.367. The zero-order valence-corrected chi connectivity index (χ0v) is 18.0. The molecule has 1 aromatic heterocycles. The molecule has 160 valence electrons. The van der Waals surface area contributed by atoms with Crippen molar-refractivity contribution in [3.05, 3.63) is 102 Å². The molecule has 1 heterocycles. The number of nitrogens with one attached hydrogen (secondary N) is 2. The highest BCUT2D eigenvalue weighted by atomic mass is 32.2. The first-order valence-corrected chi connectivity index (χ1v) is 11.0. The van der Waals surface area contributed by atoms with E-state index in [1.54, 1.807) is 35.3 Å². The smallest absolute Gasteiger partial charge is 0.253 e. The fraction of sp³-hybridized carbons (Fsp3) is 0.0833. The molecule has 0 aliphatic heterocycles. The van der Waals surface area contributed by atoms with Gasteiger partial charge in [0.25, 0.3) is 5.91 Å². The van der Waals surface area contributed by atoms with E-state index < -0.39 is 0 Å². The lowest BCUT2D eigenvalue weighted by Crippen LogP contribution is -2.25. The highest BCUT2D eigenvalue weighted by molar-refractivity contribution is 7.99. The van der Waals surface area contributed by atoms with Crippen molar-refractivity contribution < 1.29 is 9.59 Å². The van der Waals surface area contributed by atoms with Crippen molar-refractivity contribution in [2.24, 2.45) is 0 Å². The number of carbonyl (C=O) groups excluding carboxylic acids is 2. The van der Waals surface area contributed by atoms with Crippen LogP contribution in [0, 0.1) is 0 Å². The van der Waals surface area contributed by atoms with Gasteiger partial charge in [-0.25, -0.2) is 9.67 Å². The number of nitrogens with zero attached hydrogens (tertiary/aromatic N) is 3. The van der Waals surface area contributed by atoms with Crippen molar-refractivity contribution in [1.82, 2.24) is 20.1 Å². The third-order valence-electron chi connectivity index (χ3n) is 4.57. The van der Waals surface area contributed by atoms with Crippen LogP contribution in [0.4, 0.5) is 5.69 Å². The summed E-state index contributed by atoms with van der Waals surface area (Å²) in [4.78, 5) is 29.4. The fourth-order valence-electron chi connectivity index (χ4n) is 3.00. The fourth-order valence-corrected chi connectivity index (χ4v) is 3.60. The van der Waals surface area contributed by atoms with Gasteiger partial charge < -0.3 is 10.6 Å². The number of thioether (sulfide) groups is 1. The Balaban J connectivity index is 1.33. The zero-order valence-electron chi connectivity index (χ0n) is 17.1. The van der Waals surface area contributed by atoms with Gasteiger partial charge in [0.05, 0.1) is 22.7 Å². The molecule has 7 nitrogen and oxygen atoms in total. The van der Waals surface area contributed by atoms with E-state index >= 15 is 0 Å². The summed E-state index contributed by atoms with van der Waals surface area (Å²) >= 11 is 1.23. The molecule has 0 bridgehead atoms. The third kappa shape index (κ3) is 5.61. The number of amides is 2. The van der Waals surface area contributed by atoms with Crippen LogP contribution in [0.1, 0.15) is 15.9 Å². The molecule has 0 aliphatic rings. The molecule has 0 spiro atoms. The average Bonchev–Trinajstić information content (AvgIpc) is 3.32. The van der Waals surface area contributed by atoms with Gasteiger partial charge in [0.15, 0.2) is 0 Å². The molecule has 0 aliphatic carbocycles. The Kier molecular flexibility index (Phi) is 6.94. The highest BCUT2D eigenvalue weighted by Gasteiger charge is 2.14. The lowest BCUT2D eigenvalue weighted by atomic mass is 10.1. The van der Waals surface area contributed by atoms with E-state index in [2.05, 4.69) is 20.7 Å². The lowest BCUT2D eigenvalue weighted by molar-refractivity contribution is -0.113. The summed E-state index contributed by atoms with van der Waals surface area (Å²) in [5.41, 5.74) is 2.77. The van der Waals surface area contributed by atoms with E-state index in [-0.39, 0.29) is 17.6 Å².